The summed E-state index contributed by atoms with van der Waals surface area (Å²) in [7, 11) is 0. The summed E-state index contributed by atoms with van der Waals surface area (Å²) in [6, 6.07) is 6.09. The quantitative estimate of drug-likeness (QED) is 0.690. The van der Waals surface area contributed by atoms with E-state index in [9.17, 15) is 0 Å². The summed E-state index contributed by atoms with van der Waals surface area (Å²) in [5.41, 5.74) is 14.3. The first-order valence-corrected chi connectivity index (χ1v) is 7.79. The van der Waals surface area contributed by atoms with Crippen LogP contribution in [0.1, 0.15) is 17.0 Å². The van der Waals surface area contributed by atoms with Crippen LogP contribution in [0.5, 0.6) is 0 Å². The van der Waals surface area contributed by atoms with E-state index in [0.29, 0.717) is 22.7 Å². The van der Waals surface area contributed by atoms with Crippen LogP contribution in [-0.4, -0.2) is 25.1 Å². The first-order chi connectivity index (χ1) is 11.0. The largest absolute Gasteiger partial charge is 0.411 e. The Morgan fingerprint density at radius 3 is 2.26 bits per heavy atom. The molecule has 0 bridgehead atoms. The molecule has 0 saturated heterocycles. The molecule has 118 valence electrons. The number of benzene rings is 1. The zero-order valence-corrected chi connectivity index (χ0v) is 13.5. The zero-order valence-electron chi connectivity index (χ0n) is 12.6. The molecule has 0 unspecified atom stereocenters. The summed E-state index contributed by atoms with van der Waals surface area (Å²) in [4.78, 5) is 11.7. The second-order valence-corrected chi connectivity index (χ2v) is 5.93. The van der Waals surface area contributed by atoms with Gasteiger partial charge in [-0.1, -0.05) is 29.0 Å². The number of nitrogens with two attached hydrogens (primary N) is 2. The molecule has 9 heteroatoms. The van der Waals surface area contributed by atoms with Gasteiger partial charge in [-0.3, -0.25) is 0 Å². The molecule has 23 heavy (non-hydrogen) atoms. The van der Waals surface area contributed by atoms with Crippen molar-refractivity contribution in [1.29, 1.82) is 0 Å². The lowest BCUT2D eigenvalue weighted by Gasteiger charge is -2.00. The summed E-state index contributed by atoms with van der Waals surface area (Å²) >= 11 is 1.31. The van der Waals surface area contributed by atoms with Gasteiger partial charge in [0.2, 0.25) is 17.8 Å². The van der Waals surface area contributed by atoms with Crippen molar-refractivity contribution in [2.24, 2.45) is 0 Å². The van der Waals surface area contributed by atoms with Crippen molar-refractivity contribution in [3.8, 4) is 11.5 Å². The molecule has 0 fully saturated rings. The van der Waals surface area contributed by atoms with E-state index in [4.69, 9.17) is 15.9 Å². The number of hydrogen-bond donors (Lipinski definition) is 2. The normalized spacial score (nSPS) is 10.9. The predicted octanol–water partition coefficient (Wildman–Crippen LogP) is 2.00. The second-order valence-electron chi connectivity index (χ2n) is 5.01. The van der Waals surface area contributed by atoms with E-state index in [0.717, 1.165) is 16.7 Å². The molecule has 0 aliphatic carbocycles. The smallest absolute Gasteiger partial charge is 0.277 e. The van der Waals surface area contributed by atoms with Gasteiger partial charge in [0.05, 0.1) is 5.75 Å². The van der Waals surface area contributed by atoms with Gasteiger partial charge in [-0.15, -0.1) is 10.2 Å². The van der Waals surface area contributed by atoms with Gasteiger partial charge in [0.25, 0.3) is 5.22 Å². The minimum atomic E-state index is 0.0922. The summed E-state index contributed by atoms with van der Waals surface area (Å²) in [5, 5.41) is 8.53. The number of aromatic nitrogens is 5. The Labute approximate surface area is 136 Å². The standard InChI is InChI=1S/C14H15N7OS/c1-7-3-8(2)5-9(4-7)11-20-21-14(22-11)23-6-10-17-12(15)19-13(16)18-10/h3-5H,6H2,1-2H3,(H4,15,16,17,18,19). The van der Waals surface area contributed by atoms with Crippen LogP contribution in [0.15, 0.2) is 27.8 Å². The Morgan fingerprint density at radius 2 is 1.61 bits per heavy atom. The van der Waals surface area contributed by atoms with Gasteiger partial charge in [0.1, 0.15) is 5.82 Å². The lowest BCUT2D eigenvalue weighted by molar-refractivity contribution is 0.465. The summed E-state index contributed by atoms with van der Waals surface area (Å²) < 4.78 is 5.67. The maximum Gasteiger partial charge on any atom is 0.277 e. The molecule has 3 rings (SSSR count). The summed E-state index contributed by atoms with van der Waals surface area (Å²) in [5.74, 6) is 1.54. The van der Waals surface area contributed by atoms with Gasteiger partial charge < -0.3 is 15.9 Å². The first-order valence-electron chi connectivity index (χ1n) is 6.80. The van der Waals surface area contributed by atoms with Crippen LogP contribution in [0.4, 0.5) is 11.9 Å². The van der Waals surface area contributed by atoms with Gasteiger partial charge >= 0.3 is 0 Å². The second kappa shape index (κ2) is 6.21. The highest BCUT2D eigenvalue weighted by Gasteiger charge is 2.11. The van der Waals surface area contributed by atoms with Gasteiger partial charge in [0, 0.05) is 5.56 Å². The van der Waals surface area contributed by atoms with Crippen molar-refractivity contribution in [2.45, 2.75) is 24.8 Å². The summed E-state index contributed by atoms with van der Waals surface area (Å²) in [6.07, 6.45) is 0. The van der Waals surface area contributed by atoms with E-state index in [1.165, 1.54) is 11.8 Å². The fourth-order valence-corrected chi connectivity index (χ4v) is 2.75. The monoisotopic (exact) mass is 329 g/mol. The molecule has 8 nitrogen and oxygen atoms in total. The molecule has 2 heterocycles. The molecule has 1 aromatic carbocycles. The third-order valence-corrected chi connectivity index (χ3v) is 3.73. The lowest BCUT2D eigenvalue weighted by atomic mass is 10.1. The van der Waals surface area contributed by atoms with Crippen LogP contribution >= 0.6 is 11.8 Å². The van der Waals surface area contributed by atoms with E-state index < -0.39 is 0 Å². The first kappa shape index (κ1) is 15.2. The molecule has 0 saturated carbocycles. The molecular weight excluding hydrogens is 314 g/mol. The number of hydrogen-bond acceptors (Lipinski definition) is 9. The average Bonchev–Trinajstić information content (AvgIpc) is 2.92. The highest BCUT2D eigenvalue weighted by molar-refractivity contribution is 7.98. The Morgan fingerprint density at radius 1 is 0.957 bits per heavy atom. The topological polar surface area (TPSA) is 130 Å². The lowest BCUT2D eigenvalue weighted by Crippen LogP contribution is -2.05. The molecule has 2 aromatic heterocycles. The maximum atomic E-state index is 5.67. The van der Waals surface area contributed by atoms with E-state index in [2.05, 4.69) is 31.2 Å². The van der Waals surface area contributed by atoms with Crippen LogP contribution < -0.4 is 11.5 Å². The van der Waals surface area contributed by atoms with E-state index in [1.807, 2.05) is 26.0 Å². The Kier molecular flexibility index (Phi) is 4.11. The van der Waals surface area contributed by atoms with Crippen molar-refractivity contribution in [3.63, 3.8) is 0 Å². The van der Waals surface area contributed by atoms with E-state index in [1.54, 1.807) is 0 Å². The third-order valence-electron chi connectivity index (χ3n) is 2.92. The number of rotatable bonds is 4. The molecule has 0 aliphatic rings. The highest BCUT2D eigenvalue weighted by atomic mass is 32.2. The van der Waals surface area contributed by atoms with Crippen LogP contribution in [0.3, 0.4) is 0 Å². The average molecular weight is 329 g/mol. The van der Waals surface area contributed by atoms with Crippen molar-refractivity contribution in [1.82, 2.24) is 25.1 Å². The minimum absolute atomic E-state index is 0.0922. The van der Waals surface area contributed by atoms with Crippen molar-refractivity contribution in [2.75, 3.05) is 11.5 Å². The number of nitrogens with zero attached hydrogens (tertiary/aromatic N) is 5. The Balaban J connectivity index is 1.74. The molecule has 0 atom stereocenters. The molecule has 0 radical (unpaired) electrons. The molecule has 0 aliphatic heterocycles. The van der Waals surface area contributed by atoms with Crippen LogP contribution in [0.2, 0.25) is 0 Å². The zero-order chi connectivity index (χ0) is 16.4. The van der Waals surface area contributed by atoms with Crippen molar-refractivity contribution < 1.29 is 4.42 Å². The van der Waals surface area contributed by atoms with E-state index >= 15 is 0 Å². The highest BCUT2D eigenvalue weighted by Crippen LogP contribution is 2.26. The SMILES string of the molecule is Cc1cc(C)cc(-c2nnc(SCc3nc(N)nc(N)n3)o2)c1. The van der Waals surface area contributed by atoms with Crippen LogP contribution in [0, 0.1) is 13.8 Å². The van der Waals surface area contributed by atoms with Crippen LogP contribution in [-0.2, 0) is 5.75 Å². The van der Waals surface area contributed by atoms with E-state index in [-0.39, 0.29) is 11.9 Å². The molecule has 0 spiro atoms. The molecule has 4 N–H and O–H groups in total. The Bertz CT molecular complexity index is 808. The number of aryl methyl sites for hydroxylation is 2. The third kappa shape index (κ3) is 3.75. The van der Waals surface area contributed by atoms with Crippen molar-refractivity contribution in [3.05, 3.63) is 35.2 Å². The molecule has 0 amide bonds. The Hall–Kier alpha value is -2.68. The fourth-order valence-electron chi connectivity index (χ4n) is 2.13. The van der Waals surface area contributed by atoms with Gasteiger partial charge in [-0.2, -0.15) is 15.0 Å². The molecular formula is C14H15N7OS. The number of thioether (sulfide) groups is 1. The minimum Gasteiger partial charge on any atom is -0.411 e. The maximum absolute atomic E-state index is 5.67. The van der Waals surface area contributed by atoms with Crippen molar-refractivity contribution >= 4 is 23.7 Å². The van der Waals surface area contributed by atoms with Gasteiger partial charge in [-0.05, 0) is 26.0 Å². The number of anilines is 2. The summed E-state index contributed by atoms with van der Waals surface area (Å²) in [6.45, 7) is 4.05. The fraction of sp³-hybridized carbons (Fsp3) is 0.214. The van der Waals surface area contributed by atoms with Gasteiger partial charge in [-0.25, -0.2) is 0 Å². The number of nitrogen functional groups attached to an aromatic ring is 2. The van der Waals surface area contributed by atoms with Gasteiger partial charge in [0.15, 0.2) is 0 Å². The van der Waals surface area contributed by atoms with Crippen LogP contribution in [0.25, 0.3) is 11.5 Å². The molecule has 3 aromatic rings. The predicted molar refractivity (Wildman–Crippen MR) is 87.4 cm³/mol.